The molecule has 21 heavy (non-hydrogen) atoms. The largest absolute Gasteiger partial charge is 0.478 e. The molecule has 0 saturated carbocycles. The van der Waals surface area contributed by atoms with Crippen LogP contribution in [0.4, 0.5) is 4.39 Å². The van der Waals surface area contributed by atoms with Gasteiger partial charge in [0.05, 0.1) is 0 Å². The molecule has 0 aliphatic rings. The zero-order chi connectivity index (χ0) is 15.4. The second-order valence-electron chi connectivity index (χ2n) is 3.88. The van der Waals surface area contributed by atoms with Crippen molar-refractivity contribution in [3.63, 3.8) is 0 Å². The van der Waals surface area contributed by atoms with E-state index in [2.05, 4.69) is 15.5 Å². The molecule has 108 valence electrons. The van der Waals surface area contributed by atoms with Crippen molar-refractivity contribution >= 4 is 11.9 Å². The Bertz CT molecular complexity index is 688. The second-order valence-corrected chi connectivity index (χ2v) is 3.88. The van der Waals surface area contributed by atoms with Crippen LogP contribution in [0.3, 0.4) is 0 Å². The summed E-state index contributed by atoms with van der Waals surface area (Å²) in [5.74, 6) is -2.54. The van der Waals surface area contributed by atoms with Gasteiger partial charge in [-0.1, -0.05) is 0 Å². The number of aromatic nitrogens is 2. The molecule has 0 atom stereocenters. The van der Waals surface area contributed by atoms with E-state index >= 15 is 0 Å². The van der Waals surface area contributed by atoms with Gasteiger partial charge in [-0.15, -0.1) is 10.2 Å². The smallest absolute Gasteiger partial charge is 0.339 e. The number of hydrogen-bond donors (Lipinski definition) is 2. The lowest BCUT2D eigenvalue weighted by Crippen LogP contribution is -2.19. The lowest BCUT2D eigenvalue weighted by atomic mass is 10.2. The summed E-state index contributed by atoms with van der Waals surface area (Å²) in [7, 11) is 1.45. The highest BCUT2D eigenvalue weighted by Gasteiger charge is 2.14. The Morgan fingerprint density at radius 1 is 1.24 bits per heavy atom. The van der Waals surface area contributed by atoms with Gasteiger partial charge < -0.3 is 15.2 Å². The Morgan fingerprint density at radius 3 is 2.57 bits per heavy atom. The quantitative estimate of drug-likeness (QED) is 0.884. The lowest BCUT2D eigenvalue weighted by molar-refractivity contribution is 0.0693. The molecule has 1 aromatic carbocycles. The van der Waals surface area contributed by atoms with Crippen LogP contribution in [-0.2, 0) is 0 Å². The highest BCUT2D eigenvalue weighted by Crippen LogP contribution is 2.24. The van der Waals surface area contributed by atoms with Crippen LogP contribution in [0.15, 0.2) is 30.3 Å². The van der Waals surface area contributed by atoms with Gasteiger partial charge in [-0.05, 0) is 24.3 Å². The Hall–Kier alpha value is -3.03. The third kappa shape index (κ3) is 3.30. The molecule has 0 unspecified atom stereocenters. The van der Waals surface area contributed by atoms with Gasteiger partial charge in [0.15, 0.2) is 5.69 Å². The van der Waals surface area contributed by atoms with Gasteiger partial charge in [0, 0.05) is 13.1 Å². The van der Waals surface area contributed by atoms with E-state index < -0.39 is 17.7 Å². The van der Waals surface area contributed by atoms with Crippen LogP contribution in [0.2, 0.25) is 0 Å². The number of hydrogen-bond acceptors (Lipinski definition) is 5. The number of amides is 1. The van der Waals surface area contributed by atoms with Crippen LogP contribution < -0.4 is 10.1 Å². The topological polar surface area (TPSA) is 101 Å². The van der Waals surface area contributed by atoms with E-state index in [1.807, 2.05) is 0 Å². The minimum atomic E-state index is -1.33. The zero-order valence-corrected chi connectivity index (χ0v) is 10.8. The van der Waals surface area contributed by atoms with Gasteiger partial charge >= 0.3 is 5.97 Å². The summed E-state index contributed by atoms with van der Waals surface area (Å²) in [5, 5.41) is 18.6. The van der Waals surface area contributed by atoms with Crippen molar-refractivity contribution in [3.05, 3.63) is 47.4 Å². The van der Waals surface area contributed by atoms with Crippen molar-refractivity contribution in [2.75, 3.05) is 7.05 Å². The number of halogens is 1. The van der Waals surface area contributed by atoms with Gasteiger partial charge in [-0.2, -0.15) is 0 Å². The maximum Gasteiger partial charge on any atom is 0.339 e. The molecule has 1 amide bonds. The Kier molecular flexibility index (Phi) is 4.07. The van der Waals surface area contributed by atoms with Crippen molar-refractivity contribution in [3.8, 4) is 11.6 Å². The number of rotatable bonds is 4. The second kappa shape index (κ2) is 5.95. The minimum absolute atomic E-state index is 0.0169. The predicted octanol–water partition coefficient (Wildman–Crippen LogP) is 1.47. The molecule has 0 fully saturated rings. The molecule has 0 aliphatic carbocycles. The van der Waals surface area contributed by atoms with Crippen LogP contribution in [-0.4, -0.2) is 34.2 Å². The maximum atomic E-state index is 13.0. The van der Waals surface area contributed by atoms with Crippen LogP contribution in [0.1, 0.15) is 20.8 Å². The number of benzene rings is 1. The molecule has 0 spiro atoms. The number of carbonyl (C=O) groups excluding carboxylic acids is 1. The number of carboxylic acids is 1. The summed E-state index contributed by atoms with van der Waals surface area (Å²) in [6, 6.07) is 5.79. The first-order valence-corrected chi connectivity index (χ1v) is 5.78. The van der Waals surface area contributed by atoms with E-state index in [0.29, 0.717) is 0 Å². The van der Waals surface area contributed by atoms with E-state index in [4.69, 9.17) is 9.84 Å². The van der Waals surface area contributed by atoms with E-state index in [1.54, 1.807) is 0 Å². The van der Waals surface area contributed by atoms with Gasteiger partial charge in [0.25, 0.3) is 5.91 Å². The number of nitrogens with zero attached hydrogens (tertiary/aromatic N) is 2. The number of ether oxygens (including phenoxy) is 1. The first-order valence-electron chi connectivity index (χ1n) is 5.78. The van der Waals surface area contributed by atoms with Crippen molar-refractivity contribution in [2.24, 2.45) is 0 Å². The summed E-state index contributed by atoms with van der Waals surface area (Å²) >= 11 is 0. The Morgan fingerprint density at radius 2 is 2.00 bits per heavy atom. The summed E-state index contributed by atoms with van der Waals surface area (Å²) in [4.78, 5) is 22.3. The molecule has 0 saturated heterocycles. The minimum Gasteiger partial charge on any atom is -0.478 e. The molecule has 2 aromatic rings. The third-order valence-corrected chi connectivity index (χ3v) is 2.49. The average Bonchev–Trinajstić information content (AvgIpc) is 2.49. The van der Waals surface area contributed by atoms with E-state index in [9.17, 15) is 14.0 Å². The van der Waals surface area contributed by atoms with E-state index in [1.165, 1.54) is 25.2 Å². The molecule has 0 bridgehead atoms. The lowest BCUT2D eigenvalue weighted by Gasteiger charge is -2.07. The monoisotopic (exact) mass is 291 g/mol. The third-order valence-electron chi connectivity index (χ3n) is 2.49. The van der Waals surface area contributed by atoms with Gasteiger partial charge in [-0.3, -0.25) is 4.79 Å². The normalized spacial score (nSPS) is 10.0. The van der Waals surface area contributed by atoms with E-state index in [0.717, 1.165) is 12.1 Å². The molecular formula is C13H10FN3O4. The summed E-state index contributed by atoms with van der Waals surface area (Å²) in [5.41, 5.74) is -0.255. The first kappa shape index (κ1) is 14.4. The Balaban J connectivity index is 2.26. The van der Waals surface area contributed by atoms with Crippen molar-refractivity contribution in [1.29, 1.82) is 0 Å². The number of carbonyl (C=O) groups is 2. The fraction of sp³-hybridized carbons (Fsp3) is 0.0769. The zero-order valence-electron chi connectivity index (χ0n) is 10.8. The van der Waals surface area contributed by atoms with Crippen molar-refractivity contribution < 1.29 is 23.8 Å². The molecule has 8 heteroatoms. The molecule has 1 aromatic heterocycles. The fourth-order valence-corrected chi connectivity index (χ4v) is 1.49. The molecule has 2 N–H and O–H groups in total. The van der Waals surface area contributed by atoms with Crippen LogP contribution in [0, 0.1) is 5.82 Å². The maximum absolute atomic E-state index is 13.0. The van der Waals surface area contributed by atoms with Crippen molar-refractivity contribution in [2.45, 2.75) is 0 Å². The first-order chi connectivity index (χ1) is 10.0. The molecular weight excluding hydrogens is 281 g/mol. The number of carboxylic acid groups (broad SMARTS) is 1. The SMILES string of the molecule is CNC(=O)c1ccc(Oc2ccc(F)cc2C(=O)O)nn1. The van der Waals surface area contributed by atoms with Crippen LogP contribution >= 0.6 is 0 Å². The van der Waals surface area contributed by atoms with Gasteiger partial charge in [0.2, 0.25) is 5.88 Å². The van der Waals surface area contributed by atoms with Gasteiger partial charge in [-0.25, -0.2) is 9.18 Å². The summed E-state index contributed by atoms with van der Waals surface area (Å²) < 4.78 is 18.3. The summed E-state index contributed by atoms with van der Waals surface area (Å²) in [6.45, 7) is 0. The molecule has 0 radical (unpaired) electrons. The number of aromatic carboxylic acids is 1. The van der Waals surface area contributed by atoms with Crippen molar-refractivity contribution in [1.82, 2.24) is 15.5 Å². The summed E-state index contributed by atoms with van der Waals surface area (Å²) in [6.07, 6.45) is 0. The highest BCUT2D eigenvalue weighted by atomic mass is 19.1. The molecule has 7 nitrogen and oxygen atoms in total. The highest BCUT2D eigenvalue weighted by molar-refractivity contribution is 5.92. The average molecular weight is 291 g/mol. The van der Waals surface area contributed by atoms with E-state index in [-0.39, 0.29) is 22.9 Å². The molecule has 2 rings (SSSR count). The standard InChI is InChI=1S/C13H10FN3O4/c1-15-12(18)9-3-5-11(17-16-9)21-10-4-2-7(14)6-8(10)13(19)20/h2-6H,1H3,(H,15,18)(H,19,20). The van der Waals surface area contributed by atoms with Crippen LogP contribution in [0.5, 0.6) is 11.6 Å². The number of nitrogens with one attached hydrogen (secondary N) is 1. The predicted molar refractivity (Wildman–Crippen MR) is 68.9 cm³/mol. The van der Waals surface area contributed by atoms with Crippen LogP contribution in [0.25, 0.3) is 0 Å². The fourth-order valence-electron chi connectivity index (χ4n) is 1.49. The van der Waals surface area contributed by atoms with Gasteiger partial charge in [0.1, 0.15) is 17.1 Å². The molecule has 1 heterocycles. The Labute approximate surface area is 118 Å². The molecule has 0 aliphatic heterocycles.